The molecule has 2 aromatic rings. The smallest absolute Gasteiger partial charge is 0.422 e. The summed E-state index contributed by atoms with van der Waals surface area (Å²) in [6.07, 6.45) is -4.50. The molecule has 0 saturated heterocycles. The maximum absolute atomic E-state index is 13.1. The van der Waals surface area contributed by atoms with Gasteiger partial charge < -0.3 is 10.1 Å². The van der Waals surface area contributed by atoms with E-state index in [1.54, 1.807) is 6.07 Å². The lowest BCUT2D eigenvalue weighted by molar-refractivity contribution is -0.153. The average molecular weight is 342 g/mol. The first kappa shape index (κ1) is 17.5. The second kappa shape index (κ2) is 7.17. The van der Waals surface area contributed by atoms with Gasteiger partial charge >= 0.3 is 6.18 Å². The molecule has 0 aliphatic carbocycles. The van der Waals surface area contributed by atoms with Gasteiger partial charge in [-0.3, -0.25) is 0 Å². The number of nitrogens with zero attached hydrogens (tertiary/aromatic N) is 1. The Morgan fingerprint density at radius 2 is 1.79 bits per heavy atom. The summed E-state index contributed by atoms with van der Waals surface area (Å²) >= 11 is 0. The van der Waals surface area contributed by atoms with Crippen LogP contribution in [0.3, 0.4) is 0 Å². The highest BCUT2D eigenvalue weighted by atomic mass is 19.4. The lowest BCUT2D eigenvalue weighted by Gasteiger charge is -2.12. The van der Waals surface area contributed by atoms with Crippen LogP contribution in [0.4, 0.5) is 27.6 Å². The first-order valence-corrected chi connectivity index (χ1v) is 6.70. The zero-order chi connectivity index (χ0) is 17.7. The lowest BCUT2D eigenvalue weighted by Crippen LogP contribution is -2.19. The van der Waals surface area contributed by atoms with Gasteiger partial charge in [-0.05, 0) is 35.9 Å². The fraction of sp³-hybridized carbons (Fsp3) is 0.188. The Hall–Kier alpha value is -2.82. The van der Waals surface area contributed by atoms with Crippen LogP contribution < -0.4 is 10.1 Å². The predicted octanol–water partition coefficient (Wildman–Crippen LogP) is 4.39. The van der Waals surface area contributed by atoms with E-state index >= 15 is 0 Å². The summed E-state index contributed by atoms with van der Waals surface area (Å²) in [6.45, 7) is -1.35. The fourth-order valence-electron chi connectivity index (χ4n) is 1.87. The van der Waals surface area contributed by atoms with Gasteiger partial charge in [0.25, 0.3) is 0 Å². The number of nitriles is 1. The molecule has 0 atom stereocenters. The van der Waals surface area contributed by atoms with Gasteiger partial charge in [0.2, 0.25) is 0 Å². The summed E-state index contributed by atoms with van der Waals surface area (Å²) in [5.41, 5.74) is 0.815. The quantitative estimate of drug-likeness (QED) is 0.820. The first-order chi connectivity index (χ1) is 11.3. The first-order valence-electron chi connectivity index (χ1n) is 6.70. The monoisotopic (exact) mass is 342 g/mol. The molecule has 3 nitrogen and oxygen atoms in total. The molecule has 0 fully saturated rings. The minimum Gasteiger partial charge on any atom is -0.483 e. The molecule has 2 aromatic carbocycles. The molecule has 0 unspecified atom stereocenters. The van der Waals surface area contributed by atoms with Gasteiger partial charge in [-0.15, -0.1) is 0 Å². The molecular formula is C16H11F5N2O. The molecule has 0 aliphatic rings. The van der Waals surface area contributed by atoms with E-state index in [1.165, 1.54) is 24.3 Å². The third-order valence-corrected chi connectivity index (χ3v) is 2.97. The highest BCUT2D eigenvalue weighted by Crippen LogP contribution is 2.25. The van der Waals surface area contributed by atoms with Crippen molar-refractivity contribution in [3.63, 3.8) is 0 Å². The summed E-state index contributed by atoms with van der Waals surface area (Å²) in [5, 5.41) is 11.9. The SMILES string of the molecule is N#Cc1cc(NCc2ccc(F)c(F)c2)ccc1OCC(F)(F)F. The van der Waals surface area contributed by atoms with Crippen molar-refractivity contribution in [2.24, 2.45) is 0 Å². The molecule has 0 saturated carbocycles. The zero-order valence-electron chi connectivity index (χ0n) is 12.1. The highest BCUT2D eigenvalue weighted by Gasteiger charge is 2.28. The van der Waals surface area contributed by atoms with Crippen molar-refractivity contribution in [1.82, 2.24) is 0 Å². The number of nitrogens with one attached hydrogen (secondary N) is 1. The summed E-state index contributed by atoms with van der Waals surface area (Å²) < 4.78 is 67.0. The number of ether oxygens (including phenoxy) is 1. The molecule has 0 amide bonds. The van der Waals surface area contributed by atoms with Crippen molar-refractivity contribution in [3.8, 4) is 11.8 Å². The van der Waals surface area contributed by atoms with Gasteiger partial charge in [0.1, 0.15) is 11.8 Å². The Balaban J connectivity index is 2.06. The molecule has 0 aromatic heterocycles. The van der Waals surface area contributed by atoms with Crippen LogP contribution in [0.15, 0.2) is 36.4 Å². The number of hydrogen-bond donors (Lipinski definition) is 1. The Morgan fingerprint density at radius 3 is 2.42 bits per heavy atom. The number of hydrogen-bond acceptors (Lipinski definition) is 3. The largest absolute Gasteiger partial charge is 0.483 e. The molecule has 8 heteroatoms. The van der Waals surface area contributed by atoms with Crippen LogP contribution in [0.1, 0.15) is 11.1 Å². The number of benzene rings is 2. The van der Waals surface area contributed by atoms with E-state index in [0.717, 1.165) is 12.1 Å². The van der Waals surface area contributed by atoms with Gasteiger partial charge in [-0.25, -0.2) is 8.78 Å². The Labute approximate surface area is 134 Å². The van der Waals surface area contributed by atoms with Gasteiger partial charge in [-0.2, -0.15) is 18.4 Å². The van der Waals surface area contributed by atoms with Gasteiger partial charge in [0.15, 0.2) is 18.2 Å². The molecule has 0 spiro atoms. The van der Waals surface area contributed by atoms with E-state index in [0.29, 0.717) is 11.3 Å². The van der Waals surface area contributed by atoms with E-state index < -0.39 is 24.4 Å². The minimum absolute atomic E-state index is 0.0745. The summed E-state index contributed by atoms with van der Waals surface area (Å²) in [7, 11) is 0. The molecule has 0 heterocycles. The van der Waals surface area contributed by atoms with Crippen molar-refractivity contribution in [2.45, 2.75) is 12.7 Å². The van der Waals surface area contributed by atoms with Crippen LogP contribution in [-0.4, -0.2) is 12.8 Å². The number of anilines is 1. The van der Waals surface area contributed by atoms with Crippen LogP contribution in [0.2, 0.25) is 0 Å². The van der Waals surface area contributed by atoms with Crippen molar-refractivity contribution in [1.29, 1.82) is 5.26 Å². The van der Waals surface area contributed by atoms with Crippen molar-refractivity contribution < 1.29 is 26.7 Å². The summed E-state index contributed by atoms with van der Waals surface area (Å²) in [4.78, 5) is 0. The summed E-state index contributed by atoms with van der Waals surface area (Å²) in [5.74, 6) is -2.13. The Kier molecular flexibility index (Phi) is 5.24. The topological polar surface area (TPSA) is 45.0 Å². The third kappa shape index (κ3) is 4.84. The van der Waals surface area contributed by atoms with E-state index in [-0.39, 0.29) is 17.9 Å². The fourth-order valence-corrected chi connectivity index (χ4v) is 1.87. The Morgan fingerprint density at radius 1 is 1.04 bits per heavy atom. The number of alkyl halides is 3. The zero-order valence-corrected chi connectivity index (χ0v) is 12.1. The van der Waals surface area contributed by atoms with E-state index in [9.17, 15) is 22.0 Å². The van der Waals surface area contributed by atoms with Gasteiger partial charge in [-0.1, -0.05) is 6.07 Å². The van der Waals surface area contributed by atoms with E-state index in [4.69, 9.17) is 5.26 Å². The molecule has 0 aliphatic heterocycles. The predicted molar refractivity (Wildman–Crippen MR) is 76.4 cm³/mol. The normalized spacial score (nSPS) is 11.0. The minimum atomic E-state index is -4.50. The molecule has 24 heavy (non-hydrogen) atoms. The summed E-state index contributed by atoms with van der Waals surface area (Å²) in [6, 6.07) is 9.11. The van der Waals surface area contributed by atoms with Crippen LogP contribution in [0, 0.1) is 23.0 Å². The van der Waals surface area contributed by atoms with Crippen LogP contribution in [0.5, 0.6) is 5.75 Å². The average Bonchev–Trinajstić information content (AvgIpc) is 2.53. The number of rotatable bonds is 5. The second-order valence-corrected chi connectivity index (χ2v) is 4.83. The second-order valence-electron chi connectivity index (χ2n) is 4.83. The maximum atomic E-state index is 13.1. The lowest BCUT2D eigenvalue weighted by atomic mass is 10.1. The van der Waals surface area contributed by atoms with Crippen LogP contribution in [-0.2, 0) is 6.54 Å². The van der Waals surface area contributed by atoms with Crippen molar-refractivity contribution in [3.05, 3.63) is 59.2 Å². The van der Waals surface area contributed by atoms with Gasteiger partial charge in [0, 0.05) is 12.2 Å². The molecule has 1 N–H and O–H groups in total. The molecule has 126 valence electrons. The molecule has 2 rings (SSSR count). The third-order valence-electron chi connectivity index (χ3n) is 2.97. The van der Waals surface area contributed by atoms with Gasteiger partial charge in [0.05, 0.1) is 5.56 Å². The van der Waals surface area contributed by atoms with Crippen molar-refractivity contribution in [2.75, 3.05) is 11.9 Å². The van der Waals surface area contributed by atoms with Crippen LogP contribution >= 0.6 is 0 Å². The van der Waals surface area contributed by atoms with Crippen molar-refractivity contribution >= 4 is 5.69 Å². The molecule has 0 radical (unpaired) electrons. The van der Waals surface area contributed by atoms with E-state index in [2.05, 4.69) is 10.1 Å². The number of halogens is 5. The standard InChI is InChI=1S/C16H11F5N2O/c17-13-3-1-10(5-14(13)18)8-23-12-2-4-15(11(6-12)7-22)24-9-16(19,20)21/h1-6,23H,8-9H2. The van der Waals surface area contributed by atoms with E-state index in [1.807, 2.05) is 0 Å². The van der Waals surface area contributed by atoms with Crippen LogP contribution in [0.25, 0.3) is 0 Å². The maximum Gasteiger partial charge on any atom is 0.422 e. The Bertz CT molecular complexity index is 768. The highest BCUT2D eigenvalue weighted by molar-refractivity contribution is 5.55. The molecule has 0 bridgehead atoms. The molecular weight excluding hydrogens is 331 g/mol.